The number of hydrogen-bond acceptors (Lipinski definition) is 8. The summed E-state index contributed by atoms with van der Waals surface area (Å²) < 4.78 is 91.2. The lowest BCUT2D eigenvalue weighted by atomic mass is 9.93. The van der Waals surface area contributed by atoms with E-state index in [1.807, 2.05) is 0 Å². The summed E-state index contributed by atoms with van der Waals surface area (Å²) in [6, 6.07) is 13.1. The molecular formula is C50H58Cl2F2N8O8S2. The van der Waals surface area contributed by atoms with E-state index < -0.39 is 79.8 Å². The predicted octanol–water partition coefficient (Wildman–Crippen LogP) is 7.06. The van der Waals surface area contributed by atoms with E-state index in [9.17, 15) is 36.0 Å². The van der Waals surface area contributed by atoms with E-state index in [1.54, 1.807) is 24.3 Å². The van der Waals surface area contributed by atoms with E-state index in [1.165, 1.54) is 56.3 Å². The van der Waals surface area contributed by atoms with Gasteiger partial charge < -0.3 is 10.6 Å². The summed E-state index contributed by atoms with van der Waals surface area (Å²) in [5.74, 6) is -4.63. The minimum Gasteiger partial charge on any atom is -0.351 e. The number of amides is 4. The summed E-state index contributed by atoms with van der Waals surface area (Å²) in [4.78, 5) is 60.7. The van der Waals surface area contributed by atoms with Crippen LogP contribution in [0.15, 0.2) is 84.9 Å². The van der Waals surface area contributed by atoms with Crippen molar-refractivity contribution in [3.63, 3.8) is 0 Å². The van der Waals surface area contributed by atoms with Gasteiger partial charge in [-0.1, -0.05) is 98.1 Å². The Hall–Kier alpha value is -5.06. The summed E-state index contributed by atoms with van der Waals surface area (Å²) in [5.41, 5.74) is 0.281. The summed E-state index contributed by atoms with van der Waals surface area (Å²) in [6.45, 7) is 3.72. The molecule has 4 aliphatic rings. The van der Waals surface area contributed by atoms with E-state index >= 15 is 8.78 Å². The molecule has 72 heavy (non-hydrogen) atoms. The number of nitrogens with zero attached hydrogens (tertiary/aromatic N) is 4. The smallest absolute Gasteiger partial charge is 0.280 e. The van der Waals surface area contributed by atoms with Gasteiger partial charge in [-0.15, -0.1) is 0 Å². The summed E-state index contributed by atoms with van der Waals surface area (Å²) in [6.07, 6.45) is 8.21. The second-order valence-corrected chi connectivity index (χ2v) is 23.0. The van der Waals surface area contributed by atoms with E-state index in [0.29, 0.717) is 25.7 Å². The first-order valence-corrected chi connectivity index (χ1v) is 27.9. The van der Waals surface area contributed by atoms with Gasteiger partial charge in [0.05, 0.1) is 12.1 Å². The zero-order valence-electron chi connectivity index (χ0n) is 39.8. The molecule has 4 atom stereocenters. The molecule has 4 aromatic rings. The van der Waals surface area contributed by atoms with E-state index in [4.69, 9.17) is 23.2 Å². The maximum absolute atomic E-state index is 17.0. The topological polar surface area (TPSA) is 197 Å². The Kier molecular flexibility index (Phi) is 16.7. The van der Waals surface area contributed by atoms with Crippen molar-refractivity contribution < 1.29 is 44.8 Å². The second-order valence-electron chi connectivity index (χ2n) is 18.8. The fraction of sp³-hybridized carbons (Fsp3) is 0.440. The Morgan fingerprint density at radius 3 is 1.53 bits per heavy atom. The third kappa shape index (κ3) is 12.5. The lowest BCUT2D eigenvalue weighted by Crippen LogP contribution is -2.53. The first-order chi connectivity index (χ1) is 34.3. The van der Waals surface area contributed by atoms with Gasteiger partial charge in [0.2, 0.25) is 23.6 Å². The Morgan fingerprint density at radius 2 is 1.07 bits per heavy atom. The monoisotopic (exact) mass is 1070 g/mol. The molecule has 22 heteroatoms. The molecule has 0 spiro atoms. The van der Waals surface area contributed by atoms with Gasteiger partial charge in [-0.05, 0) is 93.6 Å². The van der Waals surface area contributed by atoms with Crippen molar-refractivity contribution >= 4 is 78.6 Å². The van der Waals surface area contributed by atoms with E-state index in [-0.39, 0.29) is 81.9 Å². The van der Waals surface area contributed by atoms with Crippen molar-refractivity contribution in [1.29, 1.82) is 0 Å². The Balaban J connectivity index is 1.18. The van der Waals surface area contributed by atoms with Gasteiger partial charge in [-0.3, -0.25) is 29.0 Å². The number of carbonyl (C=O) groups excluding carboxylic acids is 4. The number of carbonyl (C=O) groups is 4. The van der Waals surface area contributed by atoms with Gasteiger partial charge >= 0.3 is 0 Å². The lowest BCUT2D eigenvalue weighted by molar-refractivity contribution is -0.127. The zero-order chi connectivity index (χ0) is 51.5. The molecule has 2 heterocycles. The molecule has 4 fully saturated rings. The van der Waals surface area contributed by atoms with Crippen LogP contribution in [0.25, 0.3) is 11.1 Å². The molecule has 2 saturated carbocycles. The molecule has 4 amide bonds. The minimum absolute atomic E-state index is 0.0322. The van der Waals surface area contributed by atoms with Crippen molar-refractivity contribution in [1.82, 2.24) is 28.7 Å². The molecule has 2 aliphatic heterocycles. The average Bonchev–Trinajstić information content (AvgIpc) is 4.27. The van der Waals surface area contributed by atoms with Crippen LogP contribution in [0, 0.1) is 11.6 Å². The minimum atomic E-state index is -4.08. The lowest BCUT2D eigenvalue weighted by Gasteiger charge is -2.35. The van der Waals surface area contributed by atoms with Crippen LogP contribution >= 0.6 is 23.2 Å². The van der Waals surface area contributed by atoms with Gasteiger partial charge in [-0.25, -0.2) is 8.78 Å². The molecule has 4 N–H and O–H groups in total. The average molecular weight is 1070 g/mol. The maximum atomic E-state index is 17.0. The van der Waals surface area contributed by atoms with Crippen molar-refractivity contribution in [2.75, 3.05) is 36.0 Å². The van der Waals surface area contributed by atoms with Crippen molar-refractivity contribution in [2.45, 2.75) is 114 Å². The third-order valence-electron chi connectivity index (χ3n) is 13.4. The second kappa shape index (κ2) is 22.6. The normalized spacial score (nSPS) is 18.6. The molecule has 0 radical (unpaired) electrons. The molecule has 8 rings (SSSR count). The number of anilines is 2. The predicted molar refractivity (Wildman–Crippen MR) is 271 cm³/mol. The molecule has 0 aromatic heterocycles. The molecule has 1 unspecified atom stereocenters. The van der Waals surface area contributed by atoms with Crippen LogP contribution in [-0.4, -0.2) is 99.4 Å². The number of hydrogen-bond donors (Lipinski definition) is 4. The largest absolute Gasteiger partial charge is 0.351 e. The molecule has 16 nitrogen and oxygen atoms in total. The highest BCUT2D eigenvalue weighted by molar-refractivity contribution is 7.87. The Bertz CT molecular complexity index is 2920. The number of nitrogens with one attached hydrogen (secondary N) is 4. The van der Waals surface area contributed by atoms with Gasteiger partial charge in [-0.2, -0.15) is 34.9 Å². The fourth-order valence-electron chi connectivity index (χ4n) is 9.46. The van der Waals surface area contributed by atoms with Crippen LogP contribution in [0.4, 0.5) is 20.2 Å². The van der Waals surface area contributed by atoms with E-state index in [0.717, 1.165) is 75.1 Å². The molecule has 386 valence electrons. The zero-order valence-corrected chi connectivity index (χ0v) is 43.0. The number of benzene rings is 4. The van der Waals surface area contributed by atoms with Crippen LogP contribution in [0.1, 0.15) is 101 Å². The summed E-state index contributed by atoms with van der Waals surface area (Å²) in [7, 11) is -8.15. The highest BCUT2D eigenvalue weighted by Gasteiger charge is 2.42. The standard InChI is InChI=1S/C50H58Cl2F2N8O8S2/c1-31(57-71(67,68)59-24-25-59)49(65)61(37-17-11-12-34(53)29-37)46(48(64)56-36-15-7-4-8-16-36)41-22-20-33(28-43(41)52)39-23-21-38(30-44(39)54)62(50(66)32(2)58-72(69,70)60-26-27-60)45(40-18-9-10-19-42(40)51)47(63)55-35-13-5-3-6-14-35/h9-12,17-23,28-32,35-36,45-46,57-58H,3-8,13-16,24-27H2,1-2H3,(H,55,63)(H,56,64)/t31-,32+,45?,46+/m0/s1. The highest BCUT2D eigenvalue weighted by Crippen LogP contribution is 2.39. The van der Waals surface area contributed by atoms with Gasteiger partial charge in [0, 0.05) is 76.4 Å². The Morgan fingerprint density at radius 1 is 0.583 bits per heavy atom. The maximum Gasteiger partial charge on any atom is 0.280 e. The molecule has 2 aliphatic carbocycles. The Labute approximate surface area is 429 Å². The SMILES string of the molecule is C[C@H](NS(=O)(=O)N1CC1)C(=O)N(c1cccc(F)c1)[C@@H](C(=O)NC1CCCCC1)c1ccc(-c2ccc(N(C(=O)[C@@H](C)NS(=O)(=O)N3CC3)C(C(=O)NC3CCCCC3)c3ccccc3Cl)cc2F)cc1Cl. The van der Waals surface area contributed by atoms with Crippen LogP contribution in [0.5, 0.6) is 0 Å². The van der Waals surface area contributed by atoms with Crippen LogP contribution < -0.4 is 29.9 Å². The number of halogens is 4. The first kappa shape index (κ1) is 53.2. The van der Waals surface area contributed by atoms with Crippen LogP contribution in [0.2, 0.25) is 10.0 Å². The van der Waals surface area contributed by atoms with Gasteiger partial charge in [0.1, 0.15) is 23.7 Å². The molecule has 0 bridgehead atoms. The van der Waals surface area contributed by atoms with Crippen LogP contribution in [0.3, 0.4) is 0 Å². The summed E-state index contributed by atoms with van der Waals surface area (Å²) >= 11 is 13.8. The third-order valence-corrected chi connectivity index (χ3v) is 17.5. The highest BCUT2D eigenvalue weighted by atomic mass is 35.5. The van der Waals surface area contributed by atoms with Crippen LogP contribution in [-0.2, 0) is 39.6 Å². The van der Waals surface area contributed by atoms with E-state index in [2.05, 4.69) is 20.1 Å². The summed E-state index contributed by atoms with van der Waals surface area (Å²) in [5, 5.41) is 6.15. The van der Waals surface area contributed by atoms with Gasteiger partial charge in [0.15, 0.2) is 0 Å². The van der Waals surface area contributed by atoms with Crippen molar-refractivity contribution in [2.24, 2.45) is 0 Å². The molecular weight excluding hydrogens is 1010 g/mol. The van der Waals surface area contributed by atoms with Crippen molar-refractivity contribution in [3.05, 3.63) is 118 Å². The first-order valence-electron chi connectivity index (χ1n) is 24.2. The fourth-order valence-corrected chi connectivity index (χ4v) is 12.5. The van der Waals surface area contributed by atoms with Gasteiger partial charge in [0.25, 0.3) is 20.4 Å². The van der Waals surface area contributed by atoms with Crippen molar-refractivity contribution in [3.8, 4) is 11.1 Å². The number of rotatable bonds is 19. The molecule has 2 saturated heterocycles. The molecule has 4 aromatic carbocycles. The quantitative estimate of drug-likeness (QED) is 0.0716.